The van der Waals surface area contributed by atoms with Crippen molar-refractivity contribution in [3.8, 4) is 5.75 Å². The van der Waals surface area contributed by atoms with Crippen molar-refractivity contribution in [2.24, 2.45) is 5.92 Å². The Balaban J connectivity index is 1.43. The van der Waals surface area contributed by atoms with E-state index < -0.39 is 12.2 Å². The molecule has 1 amide bonds. The number of amides is 1. The van der Waals surface area contributed by atoms with Gasteiger partial charge in [-0.2, -0.15) is 0 Å². The molecule has 0 radical (unpaired) electrons. The molecule has 6 heteroatoms. The fraction of sp³-hybridized carbons (Fsp3) is 0.611. The zero-order valence-electron chi connectivity index (χ0n) is 13.8. The van der Waals surface area contributed by atoms with Gasteiger partial charge in [-0.25, -0.2) is 0 Å². The summed E-state index contributed by atoms with van der Waals surface area (Å²) >= 11 is 0. The Morgan fingerprint density at radius 2 is 2.00 bits per heavy atom. The number of aliphatic hydroxyl groups excluding tert-OH is 1. The van der Waals surface area contributed by atoms with Crippen LogP contribution in [-0.4, -0.2) is 47.5 Å². The molecular weight excluding hydrogens is 308 g/mol. The molecule has 1 saturated carbocycles. The van der Waals surface area contributed by atoms with E-state index in [2.05, 4.69) is 10.6 Å². The Morgan fingerprint density at radius 1 is 1.25 bits per heavy atom. The molecular formula is C18H26N2O4. The van der Waals surface area contributed by atoms with E-state index in [-0.39, 0.29) is 23.6 Å². The number of carbonyl (C=O) groups excluding carboxylic acids is 1. The third-order valence-electron chi connectivity index (χ3n) is 5.03. The Morgan fingerprint density at radius 3 is 2.75 bits per heavy atom. The van der Waals surface area contributed by atoms with Gasteiger partial charge in [0.25, 0.3) is 0 Å². The number of aliphatic hydroxyl groups is 1. The summed E-state index contributed by atoms with van der Waals surface area (Å²) in [6.07, 6.45) is 3.10. The van der Waals surface area contributed by atoms with Gasteiger partial charge in [0.1, 0.15) is 11.9 Å². The number of carbonyl (C=O) groups is 1. The van der Waals surface area contributed by atoms with Crippen LogP contribution in [0.1, 0.15) is 31.2 Å². The van der Waals surface area contributed by atoms with Crippen LogP contribution in [0.15, 0.2) is 24.3 Å². The van der Waals surface area contributed by atoms with Gasteiger partial charge in [-0.1, -0.05) is 31.0 Å². The van der Waals surface area contributed by atoms with Crippen LogP contribution in [0.5, 0.6) is 5.75 Å². The molecule has 1 aliphatic heterocycles. The number of phenols is 1. The minimum atomic E-state index is -0.681. The second kappa shape index (κ2) is 7.96. The molecule has 2 aliphatic rings. The number of phenolic OH excluding ortho intramolecular Hbond substituents is 1. The van der Waals surface area contributed by atoms with Crippen molar-refractivity contribution in [1.82, 2.24) is 10.6 Å². The molecule has 3 atom stereocenters. The third-order valence-corrected chi connectivity index (χ3v) is 5.03. The van der Waals surface area contributed by atoms with Crippen molar-refractivity contribution in [2.45, 2.75) is 50.5 Å². The molecule has 0 aromatic heterocycles. The zero-order chi connectivity index (χ0) is 16.9. The van der Waals surface area contributed by atoms with Gasteiger partial charge in [-0.05, 0) is 18.9 Å². The molecule has 1 aromatic carbocycles. The largest absolute Gasteiger partial charge is 0.508 e. The van der Waals surface area contributed by atoms with E-state index in [0.29, 0.717) is 19.7 Å². The minimum Gasteiger partial charge on any atom is -0.508 e. The maximum absolute atomic E-state index is 12.0. The second-order valence-corrected chi connectivity index (χ2v) is 6.71. The van der Waals surface area contributed by atoms with Crippen molar-refractivity contribution in [3.63, 3.8) is 0 Å². The first-order chi connectivity index (χ1) is 11.6. The van der Waals surface area contributed by atoms with E-state index in [4.69, 9.17) is 4.74 Å². The maximum atomic E-state index is 12.0. The number of para-hydroxylation sites is 1. The smallest absolute Gasteiger partial charge is 0.223 e. The highest BCUT2D eigenvalue weighted by Crippen LogP contribution is 2.25. The molecule has 6 nitrogen and oxygen atoms in total. The number of nitrogens with one attached hydrogen (secondary N) is 2. The summed E-state index contributed by atoms with van der Waals surface area (Å²) in [6, 6.07) is 6.90. The predicted octanol–water partition coefficient (Wildman–Crippen LogP) is 0.916. The van der Waals surface area contributed by atoms with Gasteiger partial charge in [0.2, 0.25) is 5.91 Å². The standard InChI is InChI=1S/C18H26N2O4/c21-15-8-4-3-7-13(15)9-19-14-11-24-16(17(14)22)10-20-18(23)12-5-1-2-6-12/h3-4,7-8,12,14,16-17,19,21-22H,1-2,5-6,9-11H2,(H,20,23)/t14-,16-,17+/m1/s1. The highest BCUT2D eigenvalue weighted by atomic mass is 16.5. The number of rotatable bonds is 6. The number of aromatic hydroxyl groups is 1. The summed E-state index contributed by atoms with van der Waals surface area (Å²) in [5, 5.41) is 26.3. The topological polar surface area (TPSA) is 90.8 Å². The quantitative estimate of drug-likeness (QED) is 0.621. The average Bonchev–Trinajstić information content (AvgIpc) is 3.23. The molecule has 0 spiro atoms. The van der Waals surface area contributed by atoms with E-state index in [1.807, 2.05) is 12.1 Å². The lowest BCUT2D eigenvalue weighted by molar-refractivity contribution is -0.125. The molecule has 2 fully saturated rings. The van der Waals surface area contributed by atoms with Crippen LogP contribution in [0, 0.1) is 5.92 Å². The minimum absolute atomic E-state index is 0.0777. The highest BCUT2D eigenvalue weighted by molar-refractivity contribution is 5.78. The van der Waals surface area contributed by atoms with Crippen LogP contribution in [0.25, 0.3) is 0 Å². The lowest BCUT2D eigenvalue weighted by atomic mass is 10.1. The van der Waals surface area contributed by atoms with E-state index in [1.54, 1.807) is 12.1 Å². The lowest BCUT2D eigenvalue weighted by Gasteiger charge is -2.20. The van der Waals surface area contributed by atoms with E-state index in [9.17, 15) is 15.0 Å². The fourth-order valence-corrected chi connectivity index (χ4v) is 3.48. The summed E-state index contributed by atoms with van der Waals surface area (Å²) in [5.74, 6) is 0.436. The SMILES string of the molecule is O=C(NC[C@H]1OC[C@@H](NCc2ccccc2O)[C@@H]1O)C1CCCC1. The van der Waals surface area contributed by atoms with Crippen molar-refractivity contribution in [2.75, 3.05) is 13.2 Å². The molecule has 0 unspecified atom stereocenters. The number of hydrogen-bond donors (Lipinski definition) is 4. The monoisotopic (exact) mass is 334 g/mol. The molecule has 1 aliphatic carbocycles. The Hall–Kier alpha value is -1.63. The first-order valence-corrected chi connectivity index (χ1v) is 8.73. The Labute approximate surface area is 142 Å². The Kier molecular flexibility index (Phi) is 5.71. The van der Waals surface area contributed by atoms with Crippen molar-refractivity contribution < 1.29 is 19.7 Å². The van der Waals surface area contributed by atoms with Crippen LogP contribution in [-0.2, 0) is 16.1 Å². The first kappa shape index (κ1) is 17.2. The van der Waals surface area contributed by atoms with Crippen LogP contribution < -0.4 is 10.6 Å². The van der Waals surface area contributed by atoms with Crippen molar-refractivity contribution in [1.29, 1.82) is 0 Å². The molecule has 1 aromatic rings. The van der Waals surface area contributed by atoms with E-state index in [0.717, 1.165) is 31.2 Å². The van der Waals surface area contributed by atoms with E-state index >= 15 is 0 Å². The van der Waals surface area contributed by atoms with Gasteiger partial charge in [0, 0.05) is 24.6 Å². The number of hydrogen-bond acceptors (Lipinski definition) is 5. The van der Waals surface area contributed by atoms with Crippen LogP contribution >= 0.6 is 0 Å². The first-order valence-electron chi connectivity index (χ1n) is 8.73. The molecule has 0 bridgehead atoms. The van der Waals surface area contributed by atoms with Gasteiger partial charge in [0.05, 0.1) is 18.8 Å². The van der Waals surface area contributed by atoms with Gasteiger partial charge in [-0.3, -0.25) is 4.79 Å². The summed E-state index contributed by atoms with van der Waals surface area (Å²) in [4.78, 5) is 12.0. The lowest BCUT2D eigenvalue weighted by Crippen LogP contribution is -2.45. The fourth-order valence-electron chi connectivity index (χ4n) is 3.48. The van der Waals surface area contributed by atoms with Crippen LogP contribution in [0.4, 0.5) is 0 Å². The van der Waals surface area contributed by atoms with Crippen LogP contribution in [0.3, 0.4) is 0 Å². The van der Waals surface area contributed by atoms with Crippen LogP contribution in [0.2, 0.25) is 0 Å². The summed E-state index contributed by atoms with van der Waals surface area (Å²) < 4.78 is 5.62. The number of ether oxygens (including phenoxy) is 1. The number of benzene rings is 1. The molecule has 1 heterocycles. The normalized spacial score (nSPS) is 27.5. The maximum Gasteiger partial charge on any atom is 0.223 e. The summed E-state index contributed by atoms with van der Waals surface area (Å²) in [5.41, 5.74) is 0.780. The van der Waals surface area contributed by atoms with Gasteiger partial charge < -0.3 is 25.6 Å². The van der Waals surface area contributed by atoms with Crippen molar-refractivity contribution >= 4 is 5.91 Å². The highest BCUT2D eigenvalue weighted by Gasteiger charge is 2.36. The Bertz CT molecular complexity index is 560. The van der Waals surface area contributed by atoms with Crippen molar-refractivity contribution in [3.05, 3.63) is 29.8 Å². The molecule has 132 valence electrons. The summed E-state index contributed by atoms with van der Waals surface area (Å²) in [6.45, 7) is 1.18. The molecule has 3 rings (SSSR count). The van der Waals surface area contributed by atoms with Gasteiger partial charge in [0.15, 0.2) is 0 Å². The van der Waals surface area contributed by atoms with E-state index in [1.165, 1.54) is 0 Å². The second-order valence-electron chi connectivity index (χ2n) is 6.71. The third kappa shape index (κ3) is 4.06. The molecule has 4 N–H and O–H groups in total. The van der Waals surface area contributed by atoms with Gasteiger partial charge >= 0.3 is 0 Å². The zero-order valence-corrected chi connectivity index (χ0v) is 13.8. The van der Waals surface area contributed by atoms with Gasteiger partial charge in [-0.15, -0.1) is 0 Å². The average molecular weight is 334 g/mol. The molecule has 24 heavy (non-hydrogen) atoms. The molecule has 1 saturated heterocycles. The summed E-state index contributed by atoms with van der Waals surface area (Å²) in [7, 11) is 0. The predicted molar refractivity (Wildman–Crippen MR) is 89.4 cm³/mol.